The molecule has 5 nitrogen and oxygen atoms in total. The van der Waals surface area contributed by atoms with Gasteiger partial charge in [-0.2, -0.15) is 5.26 Å². The molecule has 0 N–H and O–H groups in total. The predicted molar refractivity (Wildman–Crippen MR) is 73.9 cm³/mol. The summed E-state index contributed by atoms with van der Waals surface area (Å²) in [5.74, 6) is -0.189. The van der Waals surface area contributed by atoms with Crippen LogP contribution in [-0.4, -0.2) is 18.7 Å². The van der Waals surface area contributed by atoms with Gasteiger partial charge in [0, 0.05) is 18.8 Å². The Hall–Kier alpha value is -2.39. The average molecular weight is 288 g/mol. The van der Waals surface area contributed by atoms with Crippen LogP contribution in [0.2, 0.25) is 0 Å². The van der Waals surface area contributed by atoms with Crippen LogP contribution in [0.4, 0.5) is 0 Å². The lowest BCUT2D eigenvalue weighted by Gasteiger charge is -2.07. The van der Waals surface area contributed by atoms with Crippen molar-refractivity contribution in [1.82, 2.24) is 4.57 Å². The normalized spacial score (nSPS) is 10.9. The Morgan fingerprint density at radius 1 is 1.15 bits per heavy atom. The molecule has 0 bridgehead atoms. The van der Waals surface area contributed by atoms with Crippen molar-refractivity contribution in [3.8, 4) is 6.07 Å². The highest BCUT2D eigenvalue weighted by Gasteiger charge is 2.15. The van der Waals surface area contributed by atoms with Gasteiger partial charge in [0.25, 0.3) is 5.56 Å². The quantitative estimate of drug-likeness (QED) is 0.846. The maximum Gasteiger partial charge on any atom is 0.250 e. The molecule has 102 valence electrons. The van der Waals surface area contributed by atoms with Crippen LogP contribution in [0.15, 0.2) is 58.4 Å². The number of pyridine rings is 1. The monoisotopic (exact) mass is 288 g/mol. The molecule has 1 aromatic carbocycles. The number of rotatable bonds is 4. The van der Waals surface area contributed by atoms with Crippen LogP contribution in [0.3, 0.4) is 0 Å². The fourth-order valence-corrected chi connectivity index (χ4v) is 3.01. The van der Waals surface area contributed by atoms with Crippen molar-refractivity contribution in [3.63, 3.8) is 0 Å². The Balaban J connectivity index is 2.22. The molecule has 1 aromatic heterocycles. The van der Waals surface area contributed by atoms with E-state index in [1.165, 1.54) is 28.8 Å². The molecule has 0 radical (unpaired) electrons. The maximum absolute atomic E-state index is 12.2. The Morgan fingerprint density at radius 3 is 2.65 bits per heavy atom. The summed E-state index contributed by atoms with van der Waals surface area (Å²) in [6, 6.07) is 12.4. The molecular formula is C14H12N2O3S. The topological polar surface area (TPSA) is 79.9 Å². The van der Waals surface area contributed by atoms with Gasteiger partial charge in [-0.25, -0.2) is 8.42 Å². The Labute approximate surface area is 116 Å². The van der Waals surface area contributed by atoms with Crippen molar-refractivity contribution in [2.45, 2.75) is 11.4 Å². The molecular weight excluding hydrogens is 276 g/mol. The second kappa shape index (κ2) is 5.72. The van der Waals surface area contributed by atoms with Gasteiger partial charge in [-0.15, -0.1) is 0 Å². The average Bonchev–Trinajstić information content (AvgIpc) is 2.46. The highest BCUT2D eigenvalue weighted by atomic mass is 32.2. The van der Waals surface area contributed by atoms with Crippen LogP contribution in [0.5, 0.6) is 0 Å². The number of benzene rings is 1. The first kappa shape index (κ1) is 14.0. The summed E-state index contributed by atoms with van der Waals surface area (Å²) >= 11 is 0. The molecule has 0 aliphatic rings. The number of nitrogens with zero attached hydrogens (tertiary/aromatic N) is 2. The Bertz CT molecular complexity index is 817. The van der Waals surface area contributed by atoms with Gasteiger partial charge in [-0.3, -0.25) is 4.79 Å². The van der Waals surface area contributed by atoms with Crippen molar-refractivity contribution >= 4 is 9.84 Å². The van der Waals surface area contributed by atoms with Crippen LogP contribution in [-0.2, 0) is 16.4 Å². The second-order valence-corrected chi connectivity index (χ2v) is 6.30. The van der Waals surface area contributed by atoms with Gasteiger partial charge in [0.1, 0.15) is 0 Å². The highest BCUT2D eigenvalue weighted by Crippen LogP contribution is 2.13. The van der Waals surface area contributed by atoms with Crippen LogP contribution < -0.4 is 5.56 Å². The fourth-order valence-electron chi connectivity index (χ4n) is 1.74. The molecule has 0 atom stereocenters. The largest absolute Gasteiger partial charge is 0.315 e. The number of hydrogen-bond acceptors (Lipinski definition) is 4. The number of hydrogen-bond donors (Lipinski definition) is 0. The molecule has 0 fully saturated rings. The van der Waals surface area contributed by atoms with Gasteiger partial charge in [0.05, 0.1) is 22.3 Å². The zero-order valence-corrected chi connectivity index (χ0v) is 11.4. The Kier molecular flexibility index (Phi) is 4.01. The van der Waals surface area contributed by atoms with E-state index in [2.05, 4.69) is 0 Å². The zero-order chi connectivity index (χ0) is 14.6. The number of sulfone groups is 1. The summed E-state index contributed by atoms with van der Waals surface area (Å²) in [6.45, 7) is 0.0821. The molecule has 0 spiro atoms. The molecule has 0 saturated heterocycles. The lowest BCUT2D eigenvalue weighted by molar-refractivity contribution is 0.587. The van der Waals surface area contributed by atoms with Crippen LogP contribution in [0.25, 0.3) is 0 Å². The third-order valence-electron chi connectivity index (χ3n) is 2.82. The van der Waals surface area contributed by atoms with Crippen LogP contribution in [0, 0.1) is 11.3 Å². The standard InChI is InChI=1S/C14H12N2O3S/c15-11-12-4-3-5-13(10-12)20(18,19)9-8-16-7-2-1-6-14(16)17/h1-7,10H,8-9H2. The maximum atomic E-state index is 12.2. The molecule has 0 unspecified atom stereocenters. The first-order valence-electron chi connectivity index (χ1n) is 5.91. The van der Waals surface area contributed by atoms with E-state index in [-0.39, 0.29) is 22.8 Å². The summed E-state index contributed by atoms with van der Waals surface area (Å²) in [5.41, 5.74) is 0.0522. The van der Waals surface area contributed by atoms with Gasteiger partial charge < -0.3 is 4.57 Å². The van der Waals surface area contributed by atoms with E-state index < -0.39 is 9.84 Å². The van der Waals surface area contributed by atoms with E-state index in [4.69, 9.17) is 5.26 Å². The Morgan fingerprint density at radius 2 is 1.95 bits per heavy atom. The summed E-state index contributed by atoms with van der Waals surface area (Å²) in [7, 11) is -3.52. The van der Waals surface area contributed by atoms with E-state index in [9.17, 15) is 13.2 Å². The summed E-state index contributed by atoms with van der Waals surface area (Å²) in [4.78, 5) is 11.6. The van der Waals surface area contributed by atoms with Crippen molar-refractivity contribution in [3.05, 3.63) is 64.6 Å². The third kappa shape index (κ3) is 3.13. The minimum Gasteiger partial charge on any atom is -0.315 e. The minimum absolute atomic E-state index is 0.0821. The number of nitriles is 1. The number of aryl methyl sites for hydroxylation is 1. The summed E-state index contributed by atoms with van der Waals surface area (Å²) in [5, 5.41) is 8.78. The second-order valence-electron chi connectivity index (χ2n) is 4.19. The molecule has 20 heavy (non-hydrogen) atoms. The van der Waals surface area contributed by atoms with Crippen molar-refractivity contribution in [2.75, 3.05) is 5.75 Å². The molecule has 1 heterocycles. The van der Waals surface area contributed by atoms with E-state index in [1.807, 2.05) is 6.07 Å². The molecule has 2 aromatic rings. The van der Waals surface area contributed by atoms with E-state index in [0.29, 0.717) is 5.56 Å². The first-order valence-corrected chi connectivity index (χ1v) is 7.56. The van der Waals surface area contributed by atoms with Gasteiger partial charge in [-0.1, -0.05) is 12.1 Å². The third-order valence-corrected chi connectivity index (χ3v) is 4.51. The minimum atomic E-state index is -3.52. The molecule has 0 amide bonds. The van der Waals surface area contributed by atoms with Crippen molar-refractivity contribution < 1.29 is 8.42 Å². The predicted octanol–water partition coefficient (Wildman–Crippen LogP) is 1.19. The van der Waals surface area contributed by atoms with Gasteiger partial charge >= 0.3 is 0 Å². The van der Waals surface area contributed by atoms with E-state index in [0.717, 1.165) is 0 Å². The van der Waals surface area contributed by atoms with Gasteiger partial charge in [0.15, 0.2) is 9.84 Å². The number of aromatic nitrogens is 1. The lowest BCUT2D eigenvalue weighted by atomic mass is 10.2. The van der Waals surface area contributed by atoms with E-state index in [1.54, 1.807) is 24.4 Å². The SMILES string of the molecule is N#Cc1cccc(S(=O)(=O)CCn2ccccc2=O)c1. The van der Waals surface area contributed by atoms with Crippen molar-refractivity contribution in [2.24, 2.45) is 0 Å². The molecule has 6 heteroatoms. The zero-order valence-electron chi connectivity index (χ0n) is 10.6. The summed E-state index contributed by atoms with van der Waals surface area (Å²) < 4.78 is 25.7. The lowest BCUT2D eigenvalue weighted by Crippen LogP contribution is -2.22. The van der Waals surface area contributed by atoms with Gasteiger partial charge in [-0.05, 0) is 24.3 Å². The first-order chi connectivity index (χ1) is 9.53. The van der Waals surface area contributed by atoms with Gasteiger partial charge in [0.2, 0.25) is 0 Å². The fraction of sp³-hybridized carbons (Fsp3) is 0.143. The van der Waals surface area contributed by atoms with E-state index >= 15 is 0 Å². The smallest absolute Gasteiger partial charge is 0.250 e. The molecule has 0 saturated carbocycles. The molecule has 0 aliphatic heterocycles. The molecule has 2 rings (SSSR count). The summed E-state index contributed by atoms with van der Waals surface area (Å²) in [6.07, 6.45) is 1.55. The van der Waals surface area contributed by atoms with Crippen molar-refractivity contribution in [1.29, 1.82) is 5.26 Å². The highest BCUT2D eigenvalue weighted by molar-refractivity contribution is 7.91. The molecule has 0 aliphatic carbocycles. The van der Waals surface area contributed by atoms with Crippen LogP contribution in [0.1, 0.15) is 5.56 Å². The van der Waals surface area contributed by atoms with Crippen LogP contribution >= 0.6 is 0 Å².